The number of nitrogens with two attached hydrogens (primary N) is 1. The Bertz CT molecular complexity index is 714. The van der Waals surface area contributed by atoms with E-state index in [0.717, 1.165) is 5.56 Å². The molecule has 0 heterocycles. The van der Waals surface area contributed by atoms with Crippen LogP contribution in [0.2, 0.25) is 0 Å². The third-order valence-corrected chi connectivity index (χ3v) is 3.76. The summed E-state index contributed by atoms with van der Waals surface area (Å²) in [5.74, 6) is 0.443. The second-order valence-electron chi connectivity index (χ2n) is 5.53. The maximum atomic E-state index is 12.0. The lowest BCUT2D eigenvalue weighted by Gasteiger charge is -2.08. The van der Waals surface area contributed by atoms with Gasteiger partial charge in [-0.2, -0.15) is 0 Å². The highest BCUT2D eigenvalue weighted by molar-refractivity contribution is 5.94. The lowest BCUT2D eigenvalue weighted by atomic mass is 10.1. The maximum absolute atomic E-state index is 12.0. The van der Waals surface area contributed by atoms with Crippen molar-refractivity contribution in [1.29, 1.82) is 0 Å². The van der Waals surface area contributed by atoms with Gasteiger partial charge in [0.05, 0.1) is 7.11 Å². The number of nitrogen functional groups attached to an aromatic ring is 1. The fraction of sp³-hybridized carbons (Fsp3) is 0.263. The van der Waals surface area contributed by atoms with Gasteiger partial charge in [0, 0.05) is 30.8 Å². The zero-order valence-electron chi connectivity index (χ0n) is 14.2. The summed E-state index contributed by atoms with van der Waals surface area (Å²) >= 11 is 0. The highest BCUT2D eigenvalue weighted by atomic mass is 16.5. The van der Waals surface area contributed by atoms with Crippen molar-refractivity contribution in [1.82, 2.24) is 10.6 Å². The number of carbonyl (C=O) groups excluding carboxylic acids is 2. The molecular formula is C19H23N3O3. The van der Waals surface area contributed by atoms with Gasteiger partial charge in [-0.3, -0.25) is 9.59 Å². The van der Waals surface area contributed by atoms with Crippen molar-refractivity contribution in [2.24, 2.45) is 0 Å². The molecule has 4 N–H and O–H groups in total. The van der Waals surface area contributed by atoms with Crippen molar-refractivity contribution in [3.8, 4) is 5.75 Å². The van der Waals surface area contributed by atoms with Crippen LogP contribution >= 0.6 is 0 Å². The van der Waals surface area contributed by atoms with Crippen LogP contribution in [0.25, 0.3) is 0 Å². The standard InChI is InChI=1S/C19H23N3O3/c1-25-16-9-6-15(7-10-16)19(24)22-13-12-21-18(23)11-8-14-4-2-3-5-17(14)20/h2-7,9-10H,8,11-13,20H2,1H3,(H,21,23)(H,22,24). The van der Waals surface area contributed by atoms with Gasteiger partial charge in [0.15, 0.2) is 0 Å². The van der Waals surface area contributed by atoms with Gasteiger partial charge in [-0.15, -0.1) is 0 Å². The number of ether oxygens (including phenoxy) is 1. The number of rotatable bonds is 8. The number of para-hydroxylation sites is 1. The Kier molecular flexibility index (Phi) is 6.83. The Morgan fingerprint density at radius 2 is 1.68 bits per heavy atom. The smallest absolute Gasteiger partial charge is 0.251 e. The van der Waals surface area contributed by atoms with E-state index < -0.39 is 0 Å². The molecular weight excluding hydrogens is 318 g/mol. The first-order chi connectivity index (χ1) is 12.1. The first-order valence-electron chi connectivity index (χ1n) is 8.12. The van der Waals surface area contributed by atoms with Gasteiger partial charge in [0.1, 0.15) is 5.75 Å². The molecule has 2 aromatic rings. The summed E-state index contributed by atoms with van der Waals surface area (Å²) in [6.07, 6.45) is 0.956. The second-order valence-corrected chi connectivity index (χ2v) is 5.53. The van der Waals surface area contributed by atoms with Crippen LogP contribution in [0.3, 0.4) is 0 Å². The molecule has 0 radical (unpaired) electrons. The van der Waals surface area contributed by atoms with Crippen molar-refractivity contribution in [3.63, 3.8) is 0 Å². The fourth-order valence-corrected chi connectivity index (χ4v) is 2.32. The Morgan fingerprint density at radius 3 is 2.36 bits per heavy atom. The van der Waals surface area contributed by atoms with Crippen LogP contribution in [-0.4, -0.2) is 32.0 Å². The molecule has 132 valence electrons. The summed E-state index contributed by atoms with van der Waals surface area (Å²) in [4.78, 5) is 23.8. The predicted molar refractivity (Wildman–Crippen MR) is 97.5 cm³/mol. The highest BCUT2D eigenvalue weighted by Gasteiger charge is 2.06. The lowest BCUT2D eigenvalue weighted by molar-refractivity contribution is -0.121. The first kappa shape index (κ1) is 18.3. The van der Waals surface area contributed by atoms with E-state index in [4.69, 9.17) is 10.5 Å². The van der Waals surface area contributed by atoms with Crippen molar-refractivity contribution in [3.05, 3.63) is 59.7 Å². The molecule has 0 fully saturated rings. The molecule has 0 saturated heterocycles. The SMILES string of the molecule is COc1ccc(C(=O)NCCNC(=O)CCc2ccccc2N)cc1. The van der Waals surface area contributed by atoms with Gasteiger partial charge >= 0.3 is 0 Å². The summed E-state index contributed by atoms with van der Waals surface area (Å²) in [6, 6.07) is 14.3. The summed E-state index contributed by atoms with van der Waals surface area (Å²) in [6.45, 7) is 0.745. The molecule has 0 bridgehead atoms. The molecule has 2 amide bonds. The summed E-state index contributed by atoms with van der Waals surface area (Å²) < 4.78 is 5.05. The zero-order chi connectivity index (χ0) is 18.1. The molecule has 6 nitrogen and oxygen atoms in total. The summed E-state index contributed by atoms with van der Waals surface area (Å²) in [5, 5.41) is 5.54. The van der Waals surface area contributed by atoms with E-state index in [9.17, 15) is 9.59 Å². The van der Waals surface area contributed by atoms with Crippen molar-refractivity contribution >= 4 is 17.5 Å². The van der Waals surface area contributed by atoms with Gasteiger partial charge < -0.3 is 21.1 Å². The number of nitrogens with one attached hydrogen (secondary N) is 2. The lowest BCUT2D eigenvalue weighted by Crippen LogP contribution is -2.34. The number of amides is 2. The van der Waals surface area contributed by atoms with Crippen molar-refractivity contribution < 1.29 is 14.3 Å². The van der Waals surface area contributed by atoms with E-state index in [-0.39, 0.29) is 11.8 Å². The van der Waals surface area contributed by atoms with Gasteiger partial charge in [-0.05, 0) is 42.3 Å². The molecule has 2 rings (SSSR count). The van der Waals surface area contributed by atoms with Crippen LogP contribution in [0.5, 0.6) is 5.75 Å². The topological polar surface area (TPSA) is 93.5 Å². The van der Waals surface area contributed by atoms with Crippen LogP contribution in [0, 0.1) is 0 Å². The molecule has 6 heteroatoms. The number of anilines is 1. The average molecular weight is 341 g/mol. The summed E-state index contributed by atoms with van der Waals surface area (Å²) in [7, 11) is 1.57. The van der Waals surface area contributed by atoms with Gasteiger partial charge in [0.2, 0.25) is 5.91 Å². The minimum atomic E-state index is -0.186. The Morgan fingerprint density at radius 1 is 1.00 bits per heavy atom. The molecule has 2 aromatic carbocycles. The molecule has 0 aromatic heterocycles. The van der Waals surface area contributed by atoms with Crippen molar-refractivity contribution in [2.75, 3.05) is 25.9 Å². The normalized spacial score (nSPS) is 10.1. The van der Waals surface area contributed by atoms with Gasteiger partial charge in [-0.25, -0.2) is 0 Å². The number of carbonyl (C=O) groups is 2. The van der Waals surface area contributed by atoms with E-state index >= 15 is 0 Å². The third-order valence-electron chi connectivity index (χ3n) is 3.76. The largest absolute Gasteiger partial charge is 0.497 e. The molecule has 0 unspecified atom stereocenters. The quantitative estimate of drug-likeness (QED) is 0.504. The highest BCUT2D eigenvalue weighted by Crippen LogP contribution is 2.12. The van der Waals surface area contributed by atoms with Crippen LogP contribution in [0.15, 0.2) is 48.5 Å². The molecule has 0 aliphatic carbocycles. The number of aryl methyl sites for hydroxylation is 1. The summed E-state index contributed by atoms with van der Waals surface area (Å²) in [5.41, 5.74) is 8.06. The molecule has 0 aliphatic rings. The van der Waals surface area contributed by atoms with Crippen LogP contribution < -0.4 is 21.1 Å². The maximum Gasteiger partial charge on any atom is 0.251 e. The van der Waals surface area contributed by atoms with Gasteiger partial charge in [0.25, 0.3) is 5.91 Å². The monoisotopic (exact) mass is 341 g/mol. The molecule has 0 aliphatic heterocycles. The molecule has 25 heavy (non-hydrogen) atoms. The van der Waals surface area contributed by atoms with E-state index in [0.29, 0.717) is 42.9 Å². The van der Waals surface area contributed by atoms with Crippen LogP contribution in [-0.2, 0) is 11.2 Å². The van der Waals surface area contributed by atoms with Crippen LogP contribution in [0.1, 0.15) is 22.3 Å². The number of benzene rings is 2. The number of methoxy groups -OCH3 is 1. The first-order valence-corrected chi connectivity index (χ1v) is 8.12. The Balaban J connectivity index is 1.65. The predicted octanol–water partition coefficient (Wildman–Crippen LogP) is 1.76. The minimum Gasteiger partial charge on any atom is -0.497 e. The number of hydrogen-bond acceptors (Lipinski definition) is 4. The molecule has 0 atom stereocenters. The van der Waals surface area contributed by atoms with Gasteiger partial charge in [-0.1, -0.05) is 18.2 Å². The zero-order valence-corrected chi connectivity index (χ0v) is 14.2. The second kappa shape index (κ2) is 9.32. The van der Waals surface area contributed by atoms with E-state index in [1.807, 2.05) is 24.3 Å². The number of hydrogen-bond donors (Lipinski definition) is 3. The average Bonchev–Trinajstić information content (AvgIpc) is 2.64. The minimum absolute atomic E-state index is 0.0676. The molecule has 0 spiro atoms. The van der Waals surface area contributed by atoms with Crippen molar-refractivity contribution in [2.45, 2.75) is 12.8 Å². The third kappa shape index (κ3) is 5.84. The van der Waals surface area contributed by atoms with Crippen LogP contribution in [0.4, 0.5) is 5.69 Å². The van der Waals surface area contributed by atoms with E-state index in [1.54, 1.807) is 31.4 Å². The Labute approximate surface area is 147 Å². The molecule has 0 saturated carbocycles. The van der Waals surface area contributed by atoms with E-state index in [2.05, 4.69) is 10.6 Å². The Hall–Kier alpha value is -3.02. The fourth-order valence-electron chi connectivity index (χ4n) is 2.32. The van der Waals surface area contributed by atoms with E-state index in [1.165, 1.54) is 0 Å².